The summed E-state index contributed by atoms with van der Waals surface area (Å²) >= 11 is 0. The molecular formula is C23H21FN6O. The summed E-state index contributed by atoms with van der Waals surface area (Å²) in [5, 5.41) is 18.3. The Balaban J connectivity index is 1.41. The Hall–Kier alpha value is -4.12. The van der Waals surface area contributed by atoms with E-state index < -0.39 is 0 Å². The number of fused-ring (bicyclic) bond motifs is 1. The van der Waals surface area contributed by atoms with Gasteiger partial charge in [0.1, 0.15) is 34.8 Å². The van der Waals surface area contributed by atoms with E-state index in [1.54, 1.807) is 19.2 Å². The van der Waals surface area contributed by atoms with Crippen LogP contribution in [0.4, 0.5) is 16.0 Å². The van der Waals surface area contributed by atoms with Crippen LogP contribution in [0.15, 0.2) is 54.6 Å². The summed E-state index contributed by atoms with van der Waals surface area (Å²) in [5.74, 6) is 1.48. The molecule has 0 bridgehead atoms. The van der Waals surface area contributed by atoms with Gasteiger partial charge in [0.2, 0.25) is 0 Å². The van der Waals surface area contributed by atoms with Gasteiger partial charge >= 0.3 is 0 Å². The van der Waals surface area contributed by atoms with E-state index in [1.807, 2.05) is 30.3 Å². The van der Waals surface area contributed by atoms with Gasteiger partial charge in [-0.2, -0.15) is 10.4 Å². The Kier molecular flexibility index (Phi) is 5.67. The molecule has 156 valence electrons. The van der Waals surface area contributed by atoms with Gasteiger partial charge in [-0.15, -0.1) is 0 Å². The van der Waals surface area contributed by atoms with E-state index in [1.165, 1.54) is 16.8 Å². The number of nitrogens with zero attached hydrogens (tertiary/aromatic N) is 4. The highest BCUT2D eigenvalue weighted by Crippen LogP contribution is 2.23. The maximum absolute atomic E-state index is 13.2. The molecule has 3 N–H and O–H groups in total. The number of aryl methyl sites for hydroxylation is 1. The maximum atomic E-state index is 13.2. The van der Waals surface area contributed by atoms with E-state index in [-0.39, 0.29) is 11.6 Å². The predicted octanol–water partition coefficient (Wildman–Crippen LogP) is 4.07. The van der Waals surface area contributed by atoms with Crippen LogP contribution in [-0.2, 0) is 6.42 Å². The van der Waals surface area contributed by atoms with Gasteiger partial charge in [-0.1, -0.05) is 0 Å². The lowest BCUT2D eigenvalue weighted by Gasteiger charge is -2.07. The van der Waals surface area contributed by atoms with Gasteiger partial charge in [-0.25, -0.2) is 14.1 Å². The van der Waals surface area contributed by atoms with Crippen molar-refractivity contribution >= 4 is 22.5 Å². The predicted molar refractivity (Wildman–Crippen MR) is 118 cm³/mol. The molecule has 0 saturated heterocycles. The van der Waals surface area contributed by atoms with E-state index in [0.29, 0.717) is 29.9 Å². The molecule has 2 aromatic carbocycles. The van der Waals surface area contributed by atoms with Gasteiger partial charge in [0, 0.05) is 11.9 Å². The number of ether oxygens (including phenoxy) is 1. The SMILES string of the molecule is COc1ccc2nc(NCCCc3nn(-c4ccc(F)cc4)c(N)c3C#N)ccc2c1. The Bertz CT molecular complexity index is 1260. The number of hydrogen-bond donors (Lipinski definition) is 2. The van der Waals surface area contributed by atoms with Crippen LogP contribution in [0, 0.1) is 17.1 Å². The average Bonchev–Trinajstić information content (AvgIpc) is 3.11. The van der Waals surface area contributed by atoms with Gasteiger partial charge in [0.25, 0.3) is 0 Å². The third kappa shape index (κ3) is 4.26. The van der Waals surface area contributed by atoms with Crippen LogP contribution in [-0.4, -0.2) is 28.4 Å². The number of nitrogen functional groups attached to an aromatic ring is 1. The average molecular weight is 416 g/mol. The number of aromatic nitrogens is 3. The van der Waals surface area contributed by atoms with Crippen molar-refractivity contribution in [3.63, 3.8) is 0 Å². The van der Waals surface area contributed by atoms with E-state index in [0.717, 1.165) is 28.9 Å². The molecule has 0 amide bonds. The first-order chi connectivity index (χ1) is 15.1. The number of pyridine rings is 1. The minimum Gasteiger partial charge on any atom is -0.497 e. The number of nitrogens with one attached hydrogen (secondary N) is 1. The highest BCUT2D eigenvalue weighted by molar-refractivity contribution is 5.81. The van der Waals surface area contributed by atoms with E-state index >= 15 is 0 Å². The summed E-state index contributed by atoms with van der Waals surface area (Å²) in [6.45, 7) is 0.656. The molecule has 0 saturated carbocycles. The van der Waals surface area contributed by atoms with Crippen molar-refractivity contribution < 1.29 is 9.13 Å². The first kappa shape index (κ1) is 20.2. The molecule has 4 rings (SSSR count). The van der Waals surface area contributed by atoms with E-state index in [2.05, 4.69) is 21.5 Å². The third-order valence-electron chi connectivity index (χ3n) is 4.97. The van der Waals surface area contributed by atoms with Crippen molar-refractivity contribution in [3.8, 4) is 17.5 Å². The number of nitrogens with two attached hydrogens (primary N) is 1. The second-order valence-corrected chi connectivity index (χ2v) is 6.99. The number of halogens is 1. The summed E-state index contributed by atoms with van der Waals surface area (Å²) in [4.78, 5) is 4.60. The number of nitriles is 1. The van der Waals surface area contributed by atoms with Gasteiger partial charge in [-0.05, 0) is 67.4 Å². The second kappa shape index (κ2) is 8.71. The molecule has 0 spiro atoms. The lowest BCUT2D eigenvalue weighted by atomic mass is 10.1. The maximum Gasteiger partial charge on any atom is 0.145 e. The third-order valence-corrected chi connectivity index (χ3v) is 4.97. The van der Waals surface area contributed by atoms with Crippen LogP contribution in [0.3, 0.4) is 0 Å². The molecule has 0 aliphatic rings. The van der Waals surface area contributed by atoms with Crippen molar-refractivity contribution in [1.82, 2.24) is 14.8 Å². The van der Waals surface area contributed by atoms with Crippen LogP contribution in [0.25, 0.3) is 16.6 Å². The molecule has 8 heteroatoms. The molecule has 0 aliphatic heterocycles. The summed E-state index contributed by atoms with van der Waals surface area (Å²) in [6.07, 6.45) is 1.30. The zero-order valence-electron chi connectivity index (χ0n) is 17.0. The van der Waals surface area contributed by atoms with Crippen LogP contribution in [0.5, 0.6) is 5.75 Å². The Morgan fingerprint density at radius 1 is 1.16 bits per heavy atom. The van der Waals surface area contributed by atoms with Crippen molar-refractivity contribution in [2.24, 2.45) is 0 Å². The van der Waals surface area contributed by atoms with Crippen LogP contribution >= 0.6 is 0 Å². The Morgan fingerprint density at radius 3 is 2.71 bits per heavy atom. The van der Waals surface area contributed by atoms with E-state index in [4.69, 9.17) is 10.5 Å². The molecule has 31 heavy (non-hydrogen) atoms. The lowest BCUT2D eigenvalue weighted by molar-refractivity contribution is 0.415. The molecule has 2 aromatic heterocycles. The second-order valence-electron chi connectivity index (χ2n) is 6.99. The zero-order valence-corrected chi connectivity index (χ0v) is 17.0. The van der Waals surface area contributed by atoms with Gasteiger partial charge in [0.05, 0.1) is 24.0 Å². The van der Waals surface area contributed by atoms with Crippen molar-refractivity contribution in [1.29, 1.82) is 5.26 Å². The van der Waals surface area contributed by atoms with Crippen LogP contribution in [0.1, 0.15) is 17.7 Å². The minimum absolute atomic E-state index is 0.253. The molecule has 0 radical (unpaired) electrons. The number of anilines is 2. The zero-order chi connectivity index (χ0) is 21.8. The molecular weight excluding hydrogens is 395 g/mol. The highest BCUT2D eigenvalue weighted by Gasteiger charge is 2.16. The largest absolute Gasteiger partial charge is 0.497 e. The monoisotopic (exact) mass is 416 g/mol. The molecule has 4 aromatic rings. The first-order valence-electron chi connectivity index (χ1n) is 9.81. The van der Waals surface area contributed by atoms with Crippen molar-refractivity contribution in [2.75, 3.05) is 24.7 Å². The number of benzene rings is 2. The number of methoxy groups -OCH3 is 1. The molecule has 7 nitrogen and oxygen atoms in total. The smallest absolute Gasteiger partial charge is 0.145 e. The minimum atomic E-state index is -0.345. The topological polar surface area (TPSA) is 102 Å². The lowest BCUT2D eigenvalue weighted by Crippen LogP contribution is -2.05. The Morgan fingerprint density at radius 2 is 1.97 bits per heavy atom. The summed E-state index contributed by atoms with van der Waals surface area (Å²) in [6, 6.07) is 17.6. The first-order valence-corrected chi connectivity index (χ1v) is 9.81. The standard InChI is InChI=1S/C23H21FN6O/c1-31-18-9-10-20-15(13-18)4-11-22(28-20)27-12-2-3-21-19(14-25)23(26)30(29-21)17-7-5-16(24)6-8-17/h4-11,13H,2-3,12,26H2,1H3,(H,27,28). The fourth-order valence-electron chi connectivity index (χ4n) is 3.36. The summed E-state index contributed by atoms with van der Waals surface area (Å²) in [7, 11) is 1.64. The summed E-state index contributed by atoms with van der Waals surface area (Å²) < 4.78 is 19.9. The normalized spacial score (nSPS) is 10.7. The van der Waals surface area contributed by atoms with Crippen LogP contribution in [0.2, 0.25) is 0 Å². The molecule has 2 heterocycles. The van der Waals surface area contributed by atoms with Gasteiger partial charge in [0.15, 0.2) is 0 Å². The van der Waals surface area contributed by atoms with Gasteiger partial charge in [-0.3, -0.25) is 0 Å². The summed E-state index contributed by atoms with van der Waals surface area (Å²) in [5.41, 5.74) is 8.55. The molecule has 0 unspecified atom stereocenters. The van der Waals surface area contributed by atoms with E-state index in [9.17, 15) is 9.65 Å². The molecule has 0 aliphatic carbocycles. The fourth-order valence-corrected chi connectivity index (χ4v) is 3.36. The molecule has 0 fully saturated rings. The highest BCUT2D eigenvalue weighted by atomic mass is 19.1. The molecule has 0 atom stereocenters. The Labute approximate surface area is 178 Å². The van der Waals surface area contributed by atoms with Gasteiger partial charge < -0.3 is 15.8 Å². The number of hydrogen-bond acceptors (Lipinski definition) is 6. The van der Waals surface area contributed by atoms with Crippen molar-refractivity contribution in [3.05, 3.63) is 71.7 Å². The number of rotatable bonds is 7. The van der Waals surface area contributed by atoms with Crippen LogP contribution < -0.4 is 15.8 Å². The fraction of sp³-hybridized carbons (Fsp3) is 0.174. The quantitative estimate of drug-likeness (QED) is 0.441. The van der Waals surface area contributed by atoms with Crippen molar-refractivity contribution in [2.45, 2.75) is 12.8 Å².